The van der Waals surface area contributed by atoms with Gasteiger partial charge < -0.3 is 5.32 Å². The third kappa shape index (κ3) is 3.53. The monoisotopic (exact) mass is 316 g/mol. The molecule has 0 atom stereocenters. The zero-order valence-electron chi connectivity index (χ0n) is 10.6. The van der Waals surface area contributed by atoms with E-state index in [1.54, 1.807) is 0 Å². The Morgan fingerprint density at radius 2 is 2.12 bits per heavy atom. The summed E-state index contributed by atoms with van der Waals surface area (Å²) in [4.78, 5) is 3.96. The molecule has 1 aliphatic rings. The van der Waals surface area contributed by atoms with Crippen molar-refractivity contribution in [2.75, 3.05) is 14.1 Å². The van der Waals surface area contributed by atoms with Crippen LogP contribution in [0.1, 0.15) is 30.6 Å². The highest BCUT2D eigenvalue weighted by molar-refractivity contribution is 9.10. The average molecular weight is 317 g/mol. The molecule has 0 bridgehead atoms. The third-order valence-corrected chi connectivity index (χ3v) is 5.72. The molecule has 0 radical (unpaired) electrons. The van der Waals surface area contributed by atoms with Gasteiger partial charge in [0.25, 0.3) is 0 Å². The smallest absolute Gasteiger partial charge is 0.0339 e. The van der Waals surface area contributed by atoms with Gasteiger partial charge in [-0.2, -0.15) is 0 Å². The molecule has 1 aromatic rings. The molecule has 1 fully saturated rings. The van der Waals surface area contributed by atoms with Gasteiger partial charge in [0.1, 0.15) is 0 Å². The lowest BCUT2D eigenvalue weighted by atomic mass is 9.90. The molecule has 0 saturated heterocycles. The first-order valence-corrected chi connectivity index (χ1v) is 7.97. The summed E-state index contributed by atoms with van der Waals surface area (Å²) in [6.07, 6.45) is 5.28. The molecule has 0 spiro atoms. The summed E-state index contributed by atoms with van der Waals surface area (Å²) in [5.41, 5.74) is 0. The number of rotatable bonds is 4. The fourth-order valence-electron chi connectivity index (χ4n) is 2.60. The molecular weight excluding hydrogens is 296 g/mol. The van der Waals surface area contributed by atoms with Crippen molar-refractivity contribution in [3.63, 3.8) is 0 Å². The molecule has 0 aliphatic heterocycles. The fraction of sp³-hybridized carbons (Fsp3) is 0.692. The molecule has 0 unspecified atom stereocenters. The second kappa shape index (κ2) is 6.32. The molecule has 1 aliphatic carbocycles. The molecule has 17 heavy (non-hydrogen) atoms. The Bertz CT molecular complexity index is 345. The first kappa shape index (κ1) is 13.5. The fourth-order valence-corrected chi connectivity index (χ4v) is 4.14. The average Bonchev–Trinajstić information content (AvgIpc) is 2.75. The molecule has 0 amide bonds. The topological polar surface area (TPSA) is 15.3 Å². The maximum atomic E-state index is 3.61. The van der Waals surface area contributed by atoms with Crippen LogP contribution in [-0.4, -0.2) is 31.1 Å². The summed E-state index contributed by atoms with van der Waals surface area (Å²) in [6, 6.07) is 3.65. The van der Waals surface area contributed by atoms with Crippen LogP contribution in [0.5, 0.6) is 0 Å². The zero-order valence-corrected chi connectivity index (χ0v) is 13.0. The third-order valence-electron chi connectivity index (χ3n) is 3.81. The number of halogens is 1. The predicted octanol–water partition coefficient (Wildman–Crippen LogP) is 3.47. The van der Waals surface area contributed by atoms with E-state index < -0.39 is 0 Å². The van der Waals surface area contributed by atoms with Crippen molar-refractivity contribution >= 4 is 27.3 Å². The van der Waals surface area contributed by atoms with Crippen molar-refractivity contribution in [1.82, 2.24) is 10.2 Å². The van der Waals surface area contributed by atoms with E-state index in [-0.39, 0.29) is 0 Å². The van der Waals surface area contributed by atoms with Crippen molar-refractivity contribution in [3.8, 4) is 0 Å². The van der Waals surface area contributed by atoms with Crippen LogP contribution in [0.25, 0.3) is 0 Å². The van der Waals surface area contributed by atoms with Gasteiger partial charge in [0.15, 0.2) is 0 Å². The van der Waals surface area contributed by atoms with E-state index in [1.807, 2.05) is 11.3 Å². The lowest BCUT2D eigenvalue weighted by Gasteiger charge is -2.34. The van der Waals surface area contributed by atoms with Crippen LogP contribution >= 0.6 is 27.3 Å². The van der Waals surface area contributed by atoms with Crippen LogP contribution in [0.15, 0.2) is 15.9 Å². The molecule has 2 nitrogen and oxygen atoms in total. The maximum Gasteiger partial charge on any atom is 0.0339 e. The lowest BCUT2D eigenvalue weighted by molar-refractivity contribution is 0.171. The maximum absolute atomic E-state index is 3.61. The quantitative estimate of drug-likeness (QED) is 0.915. The van der Waals surface area contributed by atoms with E-state index in [0.717, 1.165) is 18.6 Å². The Hall–Kier alpha value is 0.100. The lowest BCUT2D eigenvalue weighted by Crippen LogP contribution is -2.39. The number of hydrogen-bond acceptors (Lipinski definition) is 3. The van der Waals surface area contributed by atoms with E-state index in [1.165, 1.54) is 35.0 Å². The molecule has 4 heteroatoms. The molecule has 1 heterocycles. The van der Waals surface area contributed by atoms with E-state index in [0.29, 0.717) is 0 Å². The molecule has 0 aromatic carbocycles. The van der Waals surface area contributed by atoms with E-state index in [2.05, 4.69) is 51.7 Å². The van der Waals surface area contributed by atoms with Gasteiger partial charge in [-0.1, -0.05) is 0 Å². The minimum atomic E-state index is 0.744. The van der Waals surface area contributed by atoms with Crippen molar-refractivity contribution < 1.29 is 0 Å². The van der Waals surface area contributed by atoms with Crippen LogP contribution in [0.4, 0.5) is 0 Å². The summed E-state index contributed by atoms with van der Waals surface area (Å²) >= 11 is 5.46. The van der Waals surface area contributed by atoms with Gasteiger partial charge in [-0.3, -0.25) is 4.90 Å². The molecule has 1 aromatic heterocycles. The Morgan fingerprint density at radius 3 is 2.65 bits per heavy atom. The molecular formula is C13H21BrN2S. The molecule has 2 rings (SSSR count). The summed E-state index contributed by atoms with van der Waals surface area (Å²) in [7, 11) is 4.34. The Morgan fingerprint density at radius 1 is 1.41 bits per heavy atom. The summed E-state index contributed by atoms with van der Waals surface area (Å²) in [6.45, 7) is 1.08. The van der Waals surface area contributed by atoms with Crippen molar-refractivity contribution in [2.45, 2.75) is 44.3 Å². The number of thiophene rings is 1. The second-order valence-electron chi connectivity index (χ2n) is 4.90. The highest BCUT2D eigenvalue weighted by Crippen LogP contribution is 2.27. The number of nitrogens with one attached hydrogen (secondary N) is 1. The van der Waals surface area contributed by atoms with Gasteiger partial charge in [-0.05, 0) is 67.2 Å². The van der Waals surface area contributed by atoms with Crippen LogP contribution in [0.2, 0.25) is 0 Å². The van der Waals surface area contributed by atoms with Gasteiger partial charge in [0.2, 0.25) is 0 Å². The van der Waals surface area contributed by atoms with Crippen LogP contribution in [0, 0.1) is 0 Å². The minimum Gasteiger partial charge on any atom is -0.317 e. The van der Waals surface area contributed by atoms with Gasteiger partial charge in [0.05, 0.1) is 0 Å². The van der Waals surface area contributed by atoms with Gasteiger partial charge >= 0.3 is 0 Å². The van der Waals surface area contributed by atoms with Crippen molar-refractivity contribution in [3.05, 3.63) is 20.8 Å². The van der Waals surface area contributed by atoms with E-state index in [4.69, 9.17) is 0 Å². The zero-order chi connectivity index (χ0) is 12.3. The summed E-state index contributed by atoms with van der Waals surface area (Å²) in [5, 5.41) is 5.55. The van der Waals surface area contributed by atoms with Gasteiger partial charge in [-0.15, -0.1) is 11.3 Å². The standard InChI is InChI=1S/C13H21BrN2S/c1-15-10-3-5-11(6-4-10)16(2)9-13-12(14)7-8-17-13/h7-8,10-11,15H,3-6,9H2,1-2H3. The van der Waals surface area contributed by atoms with Gasteiger partial charge in [-0.25, -0.2) is 0 Å². The summed E-state index contributed by atoms with van der Waals surface area (Å²) in [5.74, 6) is 0. The van der Waals surface area contributed by atoms with Crippen LogP contribution in [-0.2, 0) is 6.54 Å². The molecule has 1 saturated carbocycles. The first-order valence-electron chi connectivity index (χ1n) is 6.30. The largest absolute Gasteiger partial charge is 0.317 e. The van der Waals surface area contributed by atoms with Gasteiger partial charge in [0, 0.05) is 28.0 Å². The predicted molar refractivity (Wildman–Crippen MR) is 78.6 cm³/mol. The van der Waals surface area contributed by atoms with Crippen molar-refractivity contribution in [1.29, 1.82) is 0 Å². The number of hydrogen-bond donors (Lipinski definition) is 1. The summed E-state index contributed by atoms with van der Waals surface area (Å²) < 4.78 is 1.26. The molecule has 96 valence electrons. The highest BCUT2D eigenvalue weighted by Gasteiger charge is 2.23. The van der Waals surface area contributed by atoms with E-state index in [9.17, 15) is 0 Å². The first-order chi connectivity index (χ1) is 8.20. The number of nitrogens with zero attached hydrogens (tertiary/aromatic N) is 1. The van der Waals surface area contributed by atoms with Crippen molar-refractivity contribution in [2.24, 2.45) is 0 Å². The normalized spacial score (nSPS) is 25.4. The van der Waals surface area contributed by atoms with Crippen LogP contribution < -0.4 is 5.32 Å². The van der Waals surface area contributed by atoms with Crippen LogP contribution in [0.3, 0.4) is 0 Å². The Kier molecular flexibility index (Phi) is 5.03. The Labute approximate surface area is 117 Å². The molecule has 1 N–H and O–H groups in total. The minimum absolute atomic E-state index is 0.744. The SMILES string of the molecule is CNC1CCC(N(C)Cc2sccc2Br)CC1. The highest BCUT2D eigenvalue weighted by atomic mass is 79.9. The second-order valence-corrected chi connectivity index (χ2v) is 6.76. The Balaban J connectivity index is 1.85. The van der Waals surface area contributed by atoms with E-state index >= 15 is 0 Å².